The van der Waals surface area contributed by atoms with E-state index in [1.165, 1.54) is 0 Å². The Labute approximate surface area is 78.3 Å². The van der Waals surface area contributed by atoms with Crippen LogP contribution in [0.5, 0.6) is 0 Å². The van der Waals surface area contributed by atoms with E-state index in [0.717, 1.165) is 0 Å². The van der Waals surface area contributed by atoms with Gasteiger partial charge in [0.05, 0.1) is 0 Å². The van der Waals surface area contributed by atoms with E-state index in [4.69, 9.17) is 5.11 Å². The van der Waals surface area contributed by atoms with Gasteiger partial charge >= 0.3 is 11.2 Å². The van der Waals surface area contributed by atoms with Crippen molar-refractivity contribution in [1.29, 1.82) is 0 Å². The van der Waals surface area contributed by atoms with Crippen LogP contribution in [-0.4, -0.2) is 35.9 Å². The summed E-state index contributed by atoms with van der Waals surface area (Å²) in [7, 11) is -6.43. The van der Waals surface area contributed by atoms with Crippen LogP contribution in [0.1, 0.15) is 13.8 Å². The van der Waals surface area contributed by atoms with Crippen molar-refractivity contribution in [3.8, 4) is 0 Å². The van der Waals surface area contributed by atoms with Crippen LogP contribution in [0.2, 0.25) is 0 Å². The van der Waals surface area contributed by atoms with Gasteiger partial charge in [-0.3, -0.25) is 0 Å². The quantitative estimate of drug-likeness (QED) is 0.582. The van der Waals surface area contributed by atoms with Gasteiger partial charge in [-0.2, -0.15) is 17.6 Å². The van der Waals surface area contributed by atoms with Gasteiger partial charge in [0.1, 0.15) is 0 Å². The molecular weight excluding hydrogens is 232 g/mol. The van der Waals surface area contributed by atoms with Gasteiger partial charge in [0, 0.05) is 13.0 Å². The van der Waals surface area contributed by atoms with E-state index >= 15 is 0 Å². The monoisotopic (exact) mass is 241 g/mol. The summed E-state index contributed by atoms with van der Waals surface area (Å²) in [5.41, 5.74) is 0. The fourth-order valence-corrected chi connectivity index (χ4v) is 0.937. The molecule has 0 aliphatic carbocycles. The minimum Gasteiger partial charge on any atom is -0.743 e. The third kappa shape index (κ3) is 2.79. The predicted molar refractivity (Wildman–Crippen MR) is 38.0 cm³/mol. The summed E-state index contributed by atoms with van der Waals surface area (Å²) in [4.78, 5) is 0. The van der Waals surface area contributed by atoms with Crippen molar-refractivity contribution in [3.63, 3.8) is 0 Å². The second-order valence-electron chi connectivity index (χ2n) is 2.15. The Morgan fingerprint density at radius 2 is 1.57 bits per heavy atom. The van der Waals surface area contributed by atoms with Crippen LogP contribution in [0.25, 0.3) is 0 Å². The molecule has 0 fully saturated rings. The summed E-state index contributed by atoms with van der Waals surface area (Å²) in [6.07, 6.45) is -1.79. The van der Waals surface area contributed by atoms with Crippen LogP contribution in [0, 0.1) is 0 Å². The van der Waals surface area contributed by atoms with Gasteiger partial charge in [0.2, 0.25) is 0 Å². The molecule has 0 bridgehead atoms. The van der Waals surface area contributed by atoms with Gasteiger partial charge in [0.15, 0.2) is 10.1 Å². The van der Waals surface area contributed by atoms with Crippen molar-refractivity contribution in [2.45, 2.75) is 25.0 Å². The van der Waals surface area contributed by atoms with Gasteiger partial charge in [-0.15, -0.1) is 0 Å². The number of rotatable bonds is 4. The summed E-state index contributed by atoms with van der Waals surface area (Å²) >= 11 is 0. The van der Waals surface area contributed by atoms with E-state index < -0.39 is 34.3 Å². The molecule has 0 aromatic heterocycles. The summed E-state index contributed by atoms with van der Waals surface area (Å²) in [5.74, 6) is -5.05. The van der Waals surface area contributed by atoms with Crippen LogP contribution in [0.15, 0.2) is 0 Å². The Hall–Kier alpha value is -0.410. The van der Waals surface area contributed by atoms with Crippen molar-refractivity contribution in [2.75, 3.05) is 6.61 Å². The Kier molecular flexibility index (Phi) is 5.05. The molecule has 0 radical (unpaired) electrons. The molecule has 14 heavy (non-hydrogen) atoms. The first-order chi connectivity index (χ1) is 5.56. The number of halogens is 4. The predicted octanol–water partition coefficient (Wildman–Crippen LogP) is 0.778. The van der Waals surface area contributed by atoms with Crippen molar-refractivity contribution < 1.29 is 35.6 Å². The van der Waals surface area contributed by atoms with E-state index in [1.807, 2.05) is 0 Å². The summed E-state index contributed by atoms with van der Waals surface area (Å²) in [6.45, 7) is -1.35. The first-order valence-corrected chi connectivity index (χ1v) is 4.29. The van der Waals surface area contributed by atoms with E-state index in [0.29, 0.717) is 0 Å². The fourth-order valence-electron chi connectivity index (χ4n) is 0.469. The van der Waals surface area contributed by atoms with Crippen LogP contribution < -0.4 is 0 Å². The third-order valence-corrected chi connectivity index (χ3v) is 2.09. The zero-order valence-electron chi connectivity index (χ0n) is 6.01. The zero-order chi connectivity index (χ0) is 10.9. The Morgan fingerprint density at radius 3 is 1.79 bits per heavy atom. The third-order valence-electron chi connectivity index (χ3n) is 1.17. The highest BCUT2D eigenvalue weighted by atomic mass is 32.2. The maximum atomic E-state index is 12.2. The Morgan fingerprint density at radius 1 is 1.21 bits per heavy atom. The van der Waals surface area contributed by atoms with E-state index in [2.05, 4.69) is 0 Å². The molecule has 0 aromatic carbocycles. The van der Waals surface area contributed by atoms with Crippen molar-refractivity contribution >= 4 is 10.1 Å². The zero-order valence-corrected chi connectivity index (χ0v) is 6.82. The molecule has 4 nitrogen and oxygen atoms in total. The van der Waals surface area contributed by atoms with Crippen LogP contribution in [0.3, 0.4) is 0 Å². The van der Waals surface area contributed by atoms with Gasteiger partial charge in [-0.05, 0) is 0 Å². The highest BCUT2D eigenvalue weighted by Gasteiger charge is 2.60. The first kappa shape index (κ1) is 16.0. The lowest BCUT2D eigenvalue weighted by Gasteiger charge is -2.27. The molecule has 88 valence electrons. The molecule has 0 aliphatic rings. The Bertz CT molecular complexity index is 273. The molecule has 0 rings (SSSR count). The SMILES string of the molecule is C.O=S(=O)([O-])C(F)(F)C(F)(F)CCO. The smallest absolute Gasteiger partial charge is 0.396 e. The molecule has 0 saturated heterocycles. The minimum absolute atomic E-state index is 0. The average Bonchev–Trinajstić information content (AvgIpc) is 1.84. The fraction of sp³-hybridized carbons (Fsp3) is 1.00. The molecule has 0 amide bonds. The van der Waals surface area contributed by atoms with Gasteiger partial charge in [0.25, 0.3) is 0 Å². The molecule has 0 saturated carbocycles. The Balaban J connectivity index is 0. The molecule has 0 heterocycles. The lowest BCUT2D eigenvalue weighted by atomic mass is 10.2. The number of aliphatic hydroxyl groups excluding tert-OH is 1. The molecule has 0 spiro atoms. The van der Waals surface area contributed by atoms with Crippen LogP contribution >= 0.6 is 0 Å². The maximum Gasteiger partial charge on any atom is 0.396 e. The minimum atomic E-state index is -6.43. The number of aliphatic hydroxyl groups is 1. The van der Waals surface area contributed by atoms with Gasteiger partial charge < -0.3 is 9.66 Å². The number of alkyl halides is 4. The lowest BCUT2D eigenvalue weighted by Crippen LogP contribution is -2.47. The summed E-state index contributed by atoms with van der Waals surface area (Å²) < 4.78 is 77.8. The molecule has 0 atom stereocenters. The lowest BCUT2D eigenvalue weighted by molar-refractivity contribution is -0.168. The second kappa shape index (κ2) is 4.41. The number of hydrogen-bond donors (Lipinski definition) is 1. The van der Waals surface area contributed by atoms with E-state index in [1.54, 1.807) is 0 Å². The molecule has 0 unspecified atom stereocenters. The summed E-state index contributed by atoms with van der Waals surface area (Å²) in [5, 5.41) is 2.23. The highest BCUT2D eigenvalue weighted by molar-refractivity contribution is 7.86. The largest absolute Gasteiger partial charge is 0.743 e. The average molecular weight is 241 g/mol. The molecular formula is C5H9F4O4S-. The highest BCUT2D eigenvalue weighted by Crippen LogP contribution is 2.40. The van der Waals surface area contributed by atoms with Crippen molar-refractivity contribution in [3.05, 3.63) is 0 Å². The van der Waals surface area contributed by atoms with Gasteiger partial charge in [-0.25, -0.2) is 8.42 Å². The van der Waals surface area contributed by atoms with E-state index in [9.17, 15) is 30.5 Å². The van der Waals surface area contributed by atoms with Crippen molar-refractivity contribution in [2.24, 2.45) is 0 Å². The molecule has 1 N–H and O–H groups in total. The topological polar surface area (TPSA) is 77.4 Å². The molecule has 0 aliphatic heterocycles. The first-order valence-electron chi connectivity index (χ1n) is 2.88. The maximum absolute atomic E-state index is 12.2. The van der Waals surface area contributed by atoms with Crippen LogP contribution in [-0.2, 0) is 10.1 Å². The normalized spacial score (nSPS) is 13.6. The van der Waals surface area contributed by atoms with E-state index in [-0.39, 0.29) is 7.43 Å². The van der Waals surface area contributed by atoms with Gasteiger partial charge in [-0.1, -0.05) is 7.43 Å². The standard InChI is InChI=1S/C4H6F4O4S.CH4/c5-3(6,1-2-9)4(7,8)13(10,11)12;/h9H,1-2H2,(H,10,11,12);1H4/p-1. The van der Waals surface area contributed by atoms with Crippen LogP contribution in [0.4, 0.5) is 17.6 Å². The second-order valence-corrected chi connectivity index (χ2v) is 3.57. The molecule has 9 heteroatoms. The summed E-state index contributed by atoms with van der Waals surface area (Å²) in [6, 6.07) is 0. The molecule has 0 aromatic rings. The van der Waals surface area contributed by atoms with Crippen molar-refractivity contribution in [1.82, 2.24) is 0 Å². The number of hydrogen-bond acceptors (Lipinski definition) is 4.